The number of aromatic hydroxyl groups is 1. The maximum atomic E-state index is 12.3. The van der Waals surface area contributed by atoms with Crippen molar-refractivity contribution in [1.82, 2.24) is 0 Å². The highest BCUT2D eigenvalue weighted by Gasteiger charge is 2.18. The van der Waals surface area contributed by atoms with Crippen LogP contribution in [0.15, 0.2) is 18.2 Å². The van der Waals surface area contributed by atoms with Crippen LogP contribution in [0.1, 0.15) is 18.5 Å². The number of alkyl halides is 2. The lowest BCUT2D eigenvalue weighted by molar-refractivity contribution is 0.116. The summed E-state index contributed by atoms with van der Waals surface area (Å²) >= 11 is 0. The van der Waals surface area contributed by atoms with Crippen LogP contribution in [0.3, 0.4) is 0 Å². The van der Waals surface area contributed by atoms with E-state index in [1.807, 2.05) is 0 Å². The molecule has 5 heteroatoms. The highest BCUT2D eigenvalue weighted by molar-refractivity contribution is 5.42. The van der Waals surface area contributed by atoms with E-state index in [4.69, 9.17) is 10.5 Å². The molecule has 0 saturated heterocycles. The van der Waals surface area contributed by atoms with Gasteiger partial charge in [-0.2, -0.15) is 0 Å². The Morgan fingerprint density at radius 2 is 2.13 bits per heavy atom. The Balaban J connectivity index is 2.96. The summed E-state index contributed by atoms with van der Waals surface area (Å²) in [6.45, 7) is 2.08. The summed E-state index contributed by atoms with van der Waals surface area (Å²) in [5.74, 6) is 0.0909. The second-order valence-corrected chi connectivity index (χ2v) is 3.02. The van der Waals surface area contributed by atoms with Gasteiger partial charge in [-0.25, -0.2) is 8.78 Å². The van der Waals surface area contributed by atoms with Gasteiger partial charge in [-0.15, -0.1) is 0 Å². The lowest BCUT2D eigenvalue weighted by Crippen LogP contribution is -2.18. The molecule has 0 spiro atoms. The molecule has 0 radical (unpaired) electrons. The Kier molecular flexibility index (Phi) is 3.85. The maximum absolute atomic E-state index is 12.3. The van der Waals surface area contributed by atoms with Crippen molar-refractivity contribution in [1.29, 1.82) is 0 Å². The van der Waals surface area contributed by atoms with Crippen LogP contribution in [0, 0.1) is 0 Å². The van der Waals surface area contributed by atoms with Gasteiger partial charge in [0.1, 0.15) is 0 Å². The second kappa shape index (κ2) is 4.93. The number of benzene rings is 1. The van der Waals surface area contributed by atoms with Crippen LogP contribution < -0.4 is 10.5 Å². The third kappa shape index (κ3) is 2.79. The van der Waals surface area contributed by atoms with Crippen molar-refractivity contribution in [3.8, 4) is 11.5 Å². The van der Waals surface area contributed by atoms with Gasteiger partial charge in [-0.1, -0.05) is 6.07 Å². The zero-order valence-electron chi connectivity index (χ0n) is 8.28. The topological polar surface area (TPSA) is 55.5 Å². The molecule has 0 aliphatic heterocycles. The van der Waals surface area contributed by atoms with E-state index in [0.29, 0.717) is 6.61 Å². The average Bonchev–Trinajstić information content (AvgIpc) is 2.20. The van der Waals surface area contributed by atoms with Gasteiger partial charge in [-0.05, 0) is 24.6 Å². The van der Waals surface area contributed by atoms with Crippen molar-refractivity contribution >= 4 is 0 Å². The molecule has 1 aromatic rings. The first-order valence-electron chi connectivity index (χ1n) is 4.55. The first-order valence-corrected chi connectivity index (χ1v) is 4.55. The van der Waals surface area contributed by atoms with Gasteiger partial charge in [0.25, 0.3) is 6.43 Å². The van der Waals surface area contributed by atoms with Crippen molar-refractivity contribution in [3.05, 3.63) is 23.8 Å². The maximum Gasteiger partial charge on any atom is 0.257 e. The first kappa shape index (κ1) is 11.7. The van der Waals surface area contributed by atoms with Crippen LogP contribution in [0.2, 0.25) is 0 Å². The Hall–Kier alpha value is -1.36. The van der Waals surface area contributed by atoms with Crippen LogP contribution in [-0.2, 0) is 0 Å². The van der Waals surface area contributed by atoms with Gasteiger partial charge in [0, 0.05) is 0 Å². The van der Waals surface area contributed by atoms with Crippen LogP contribution in [0.4, 0.5) is 8.78 Å². The average molecular weight is 217 g/mol. The van der Waals surface area contributed by atoms with Gasteiger partial charge in [-0.3, -0.25) is 0 Å². The minimum absolute atomic E-state index is 0.0814. The second-order valence-electron chi connectivity index (χ2n) is 3.02. The third-order valence-corrected chi connectivity index (χ3v) is 1.94. The molecule has 0 aliphatic carbocycles. The molecule has 1 rings (SSSR count). The summed E-state index contributed by atoms with van der Waals surface area (Å²) in [6, 6.07) is 2.62. The van der Waals surface area contributed by atoms with Gasteiger partial charge in [0.05, 0.1) is 12.6 Å². The smallest absolute Gasteiger partial charge is 0.257 e. The zero-order chi connectivity index (χ0) is 11.4. The molecular weight excluding hydrogens is 204 g/mol. The molecule has 3 N–H and O–H groups in total. The van der Waals surface area contributed by atoms with Crippen LogP contribution >= 0.6 is 0 Å². The predicted octanol–water partition coefficient (Wildman–Crippen LogP) is 2.06. The Morgan fingerprint density at radius 1 is 1.47 bits per heavy atom. The number of phenols is 1. The van der Waals surface area contributed by atoms with E-state index in [-0.39, 0.29) is 17.1 Å². The summed E-state index contributed by atoms with van der Waals surface area (Å²) in [6.07, 6.45) is -2.64. The number of halogens is 2. The van der Waals surface area contributed by atoms with Crippen LogP contribution in [0.5, 0.6) is 11.5 Å². The minimum atomic E-state index is -2.64. The van der Waals surface area contributed by atoms with Crippen LogP contribution in [-0.4, -0.2) is 18.1 Å². The Bertz CT molecular complexity index is 331. The van der Waals surface area contributed by atoms with Crippen molar-refractivity contribution < 1.29 is 18.6 Å². The number of ether oxygens (including phenoxy) is 1. The third-order valence-electron chi connectivity index (χ3n) is 1.94. The van der Waals surface area contributed by atoms with Crippen molar-refractivity contribution in [2.75, 3.05) is 6.61 Å². The monoisotopic (exact) mass is 217 g/mol. The molecule has 0 aromatic heterocycles. The van der Waals surface area contributed by atoms with Crippen LogP contribution in [0.25, 0.3) is 0 Å². The van der Waals surface area contributed by atoms with E-state index >= 15 is 0 Å². The molecule has 84 valence electrons. The molecule has 15 heavy (non-hydrogen) atoms. The molecule has 0 heterocycles. The van der Waals surface area contributed by atoms with E-state index in [0.717, 1.165) is 0 Å². The van der Waals surface area contributed by atoms with E-state index in [9.17, 15) is 13.9 Å². The molecule has 0 amide bonds. The van der Waals surface area contributed by atoms with E-state index in [1.165, 1.54) is 18.2 Å². The molecule has 0 aliphatic rings. The Labute approximate surface area is 86.5 Å². The normalized spacial score (nSPS) is 12.9. The molecule has 0 bridgehead atoms. The molecule has 1 unspecified atom stereocenters. The number of rotatable bonds is 4. The highest BCUT2D eigenvalue weighted by Crippen LogP contribution is 2.30. The fourth-order valence-corrected chi connectivity index (χ4v) is 1.15. The predicted molar refractivity (Wildman–Crippen MR) is 52.2 cm³/mol. The van der Waals surface area contributed by atoms with Gasteiger partial charge in [0.2, 0.25) is 0 Å². The van der Waals surface area contributed by atoms with Gasteiger partial charge >= 0.3 is 0 Å². The van der Waals surface area contributed by atoms with Crippen molar-refractivity contribution in [2.45, 2.75) is 19.4 Å². The van der Waals surface area contributed by atoms with Gasteiger partial charge < -0.3 is 15.6 Å². The molecule has 3 nitrogen and oxygen atoms in total. The van der Waals surface area contributed by atoms with Gasteiger partial charge in [0.15, 0.2) is 11.5 Å². The largest absolute Gasteiger partial charge is 0.504 e. The summed E-state index contributed by atoms with van der Waals surface area (Å²) < 4.78 is 29.7. The van der Waals surface area contributed by atoms with Crippen molar-refractivity contribution in [3.63, 3.8) is 0 Å². The number of phenolic OH excluding ortho intramolecular Hbond substituents is 1. The standard InChI is InChI=1S/C10H13F2NO2/c1-2-15-8-5-6(3-4-7(8)14)9(13)10(11)12/h3-5,9-10,14H,2,13H2,1H3. The lowest BCUT2D eigenvalue weighted by atomic mass is 10.1. The molecular formula is C10H13F2NO2. The summed E-state index contributed by atoms with van der Waals surface area (Å²) in [4.78, 5) is 0. The SMILES string of the molecule is CCOc1cc(C(N)C(F)F)ccc1O. The van der Waals surface area contributed by atoms with E-state index < -0.39 is 12.5 Å². The fraction of sp³-hybridized carbons (Fsp3) is 0.400. The number of hydrogen-bond donors (Lipinski definition) is 2. The molecule has 1 aromatic carbocycles. The van der Waals surface area contributed by atoms with E-state index in [2.05, 4.69) is 0 Å². The zero-order valence-corrected chi connectivity index (χ0v) is 8.28. The molecule has 0 saturated carbocycles. The number of nitrogens with two attached hydrogens (primary N) is 1. The van der Waals surface area contributed by atoms with E-state index in [1.54, 1.807) is 6.92 Å². The minimum Gasteiger partial charge on any atom is -0.504 e. The van der Waals surface area contributed by atoms with Crippen molar-refractivity contribution in [2.24, 2.45) is 5.73 Å². The quantitative estimate of drug-likeness (QED) is 0.811. The lowest BCUT2D eigenvalue weighted by Gasteiger charge is -2.13. The number of hydrogen-bond acceptors (Lipinski definition) is 3. The fourth-order valence-electron chi connectivity index (χ4n) is 1.15. The Morgan fingerprint density at radius 3 is 2.67 bits per heavy atom. The summed E-state index contributed by atoms with van der Waals surface area (Å²) in [5.41, 5.74) is 5.51. The molecule has 1 atom stereocenters. The molecule has 0 fully saturated rings. The summed E-state index contributed by atoms with van der Waals surface area (Å²) in [5, 5.41) is 9.33. The first-order chi connectivity index (χ1) is 7.06. The highest BCUT2D eigenvalue weighted by atomic mass is 19.3. The summed E-state index contributed by atoms with van der Waals surface area (Å²) in [7, 11) is 0.